The molecule has 4 saturated heterocycles. The molecule has 99 heavy (non-hydrogen) atoms. The van der Waals surface area contributed by atoms with Crippen molar-refractivity contribution in [2.45, 2.75) is 243 Å². The summed E-state index contributed by atoms with van der Waals surface area (Å²) < 4.78 is 41.5. The van der Waals surface area contributed by atoms with E-state index in [-0.39, 0.29) is 76.3 Å². The maximum atomic E-state index is 15.3. The Kier molecular flexibility index (Phi) is 27.3. The molecule has 7 rings (SSSR count). The van der Waals surface area contributed by atoms with Crippen LogP contribution in [0.4, 0.5) is 13.2 Å². The van der Waals surface area contributed by atoms with Crippen LogP contribution in [0.5, 0.6) is 0 Å². The van der Waals surface area contributed by atoms with Gasteiger partial charge < -0.3 is 60.0 Å². The fourth-order valence-corrected chi connectivity index (χ4v) is 15.4. The lowest BCUT2D eigenvalue weighted by Crippen LogP contribution is -2.68. The molecule has 0 radical (unpaired) electrons. The van der Waals surface area contributed by atoms with E-state index >= 15 is 14.4 Å². The Morgan fingerprint density at radius 2 is 1.28 bits per heavy atom. The van der Waals surface area contributed by atoms with E-state index in [0.29, 0.717) is 50.8 Å². The van der Waals surface area contributed by atoms with Gasteiger partial charge in [-0.25, -0.2) is 0 Å². The normalized spacial score (nSPS) is 27.8. The average Bonchev–Trinajstić information content (AvgIpc) is 1.76. The standard InChI is InChI=1S/C71H108ClF3N12O12/c1-14-44(6)58-67(97)80(9)45(7)62(92)87-36-30-52(87)65(95)82(11)54(39-46-23-17-15-18-24-46)64(94)79(8)41-56(88)76-50(29-27-47-26-28-48(49(72)38-47)71(73,74)75)63(93)86-35-21-25-51(86)61(91)78-70(31-22-32-70)69(99)84(13)59(43(4)5)68(98)83(12)55(66(96)85-33-19-16-20-34-85)40-57(89)81(10)53(37-42(2)3)60(90)77-58/h26,28,38,42-46,50-55,58-59H,14-25,27,29-37,39-41H2,1-13H3,(H,76,88)(H,77,90)(H,78,91)/t44-,45-,50-,51-,52-,53-,54-,55-,58-,59-/m0/s1. The van der Waals surface area contributed by atoms with Crippen molar-refractivity contribution >= 4 is 82.5 Å². The lowest BCUT2D eigenvalue weighted by molar-refractivity contribution is -0.160. The van der Waals surface area contributed by atoms with Crippen molar-refractivity contribution in [2.24, 2.45) is 23.7 Å². The number of benzene rings is 1. The highest BCUT2D eigenvalue weighted by Crippen LogP contribution is 2.38. The molecule has 4 aliphatic heterocycles. The number of likely N-dealkylation sites (N-methyl/N-ethyl adjacent to an activating group) is 6. The molecule has 24 nitrogen and oxygen atoms in total. The van der Waals surface area contributed by atoms with Crippen LogP contribution in [-0.4, -0.2) is 250 Å². The van der Waals surface area contributed by atoms with Crippen LogP contribution in [0.25, 0.3) is 0 Å². The molecule has 1 aromatic rings. The number of alkyl halides is 3. The van der Waals surface area contributed by atoms with Crippen molar-refractivity contribution in [1.82, 2.24) is 60.0 Å². The highest BCUT2D eigenvalue weighted by molar-refractivity contribution is 6.31. The van der Waals surface area contributed by atoms with Gasteiger partial charge in [-0.2, -0.15) is 13.2 Å². The van der Waals surface area contributed by atoms with Gasteiger partial charge in [0, 0.05) is 68.5 Å². The number of rotatable bonds is 11. The minimum atomic E-state index is -4.76. The van der Waals surface area contributed by atoms with Crippen molar-refractivity contribution in [1.29, 1.82) is 0 Å². The van der Waals surface area contributed by atoms with Crippen LogP contribution in [0.2, 0.25) is 5.02 Å². The number of carbonyl (C=O) groups excluding carboxylic acids is 12. The maximum Gasteiger partial charge on any atom is 0.417 e. The van der Waals surface area contributed by atoms with Gasteiger partial charge in [-0.05, 0) is 132 Å². The van der Waals surface area contributed by atoms with Gasteiger partial charge >= 0.3 is 6.18 Å². The molecule has 28 heteroatoms. The number of hydrogen-bond donors (Lipinski definition) is 3. The third-order valence-electron chi connectivity index (χ3n) is 21.9. The van der Waals surface area contributed by atoms with E-state index in [9.17, 15) is 56.3 Å². The molecule has 3 N–H and O–H groups in total. The largest absolute Gasteiger partial charge is 0.417 e. The number of halogens is 4. The predicted octanol–water partition coefficient (Wildman–Crippen LogP) is 5.64. The second-order valence-corrected chi connectivity index (χ2v) is 30.0. The maximum absolute atomic E-state index is 15.3. The first-order valence-electron chi connectivity index (χ1n) is 35.8. The van der Waals surface area contributed by atoms with Crippen molar-refractivity contribution in [2.75, 3.05) is 75.0 Å². The van der Waals surface area contributed by atoms with Gasteiger partial charge in [0.05, 0.1) is 23.6 Å². The molecule has 1 aromatic carbocycles. The summed E-state index contributed by atoms with van der Waals surface area (Å²) in [6, 6.07) is -7.83. The second kappa shape index (κ2) is 34.1. The topological polar surface area (TPSA) is 270 Å². The monoisotopic (exact) mass is 1410 g/mol. The van der Waals surface area contributed by atoms with Crippen molar-refractivity contribution in [3.8, 4) is 0 Å². The van der Waals surface area contributed by atoms with Crippen molar-refractivity contribution < 1.29 is 70.7 Å². The van der Waals surface area contributed by atoms with Gasteiger partial charge in [0.1, 0.15) is 59.9 Å². The van der Waals surface area contributed by atoms with Gasteiger partial charge in [-0.15, -0.1) is 0 Å². The highest BCUT2D eigenvalue weighted by atomic mass is 35.5. The van der Waals surface area contributed by atoms with Gasteiger partial charge in [-0.3, -0.25) is 57.5 Å². The molecule has 6 aliphatic rings. The third-order valence-corrected chi connectivity index (χ3v) is 22.2. The summed E-state index contributed by atoms with van der Waals surface area (Å²) in [7, 11) is 8.58. The molecular formula is C71H108ClF3N12O12. The number of likely N-dealkylation sites (tertiary alicyclic amines) is 1. The lowest BCUT2D eigenvalue weighted by atomic mass is 9.75. The number of fused-ring (bicyclic) bond motifs is 2. The Labute approximate surface area is 586 Å². The van der Waals surface area contributed by atoms with Crippen LogP contribution in [0.1, 0.15) is 182 Å². The number of nitrogens with zero attached hydrogens (tertiary/aromatic N) is 9. The van der Waals surface area contributed by atoms with Crippen LogP contribution in [0.15, 0.2) is 18.2 Å². The van der Waals surface area contributed by atoms with Gasteiger partial charge in [0.25, 0.3) is 0 Å². The number of nitrogens with one attached hydrogen (secondary N) is 3. The molecule has 4 heterocycles. The quantitative estimate of drug-likeness (QED) is 0.243. The van der Waals surface area contributed by atoms with E-state index in [0.717, 1.165) is 55.6 Å². The molecular weight excluding hydrogens is 1310 g/mol. The van der Waals surface area contributed by atoms with Crippen molar-refractivity contribution in [3.05, 3.63) is 34.3 Å². The summed E-state index contributed by atoms with van der Waals surface area (Å²) in [5, 5.41) is 8.08. The molecule has 0 aromatic heterocycles. The summed E-state index contributed by atoms with van der Waals surface area (Å²) in [5.74, 6) is -8.91. The lowest BCUT2D eigenvalue weighted by Gasteiger charge is -2.46. The number of carbonyl (C=O) groups is 12. The SMILES string of the molecule is CC[C@H](C)[C@@H]1NC(=O)[C@H](CC(C)C)N(C)C(=O)C[C@@H](C(=O)N2CCCCC2)N(C)C(=O)[C@H](C(C)C)N(C)C(=O)C2(CCC2)NC(=O)[C@@H]2CCCN2C(=O)[C@H](CCc2ccc(C(F)(F)F)c(Cl)c2)NC(=O)CN(C)C(=O)[C@H](CC2CCCCC2)N(C)C(=O)[C@@H]2CCN2C(=O)[C@H](C)N(C)C1=O. The fraction of sp³-hybridized carbons (Fsp3) is 0.746. The summed E-state index contributed by atoms with van der Waals surface area (Å²) in [4.78, 5) is 191. The first kappa shape index (κ1) is 79.3. The van der Waals surface area contributed by atoms with E-state index in [1.165, 1.54) is 89.6 Å². The number of aryl methyl sites for hydroxylation is 1. The Hall–Kier alpha value is -7.06. The molecule has 6 fully saturated rings. The van der Waals surface area contributed by atoms with Crippen LogP contribution >= 0.6 is 11.6 Å². The van der Waals surface area contributed by atoms with Crippen LogP contribution in [0, 0.1) is 23.7 Å². The zero-order valence-corrected chi connectivity index (χ0v) is 61.1. The zero-order valence-electron chi connectivity index (χ0n) is 60.4. The van der Waals surface area contributed by atoms with Gasteiger partial charge in [-0.1, -0.05) is 97.7 Å². The molecule has 1 spiro atoms. The van der Waals surface area contributed by atoms with E-state index in [2.05, 4.69) is 16.0 Å². The van der Waals surface area contributed by atoms with Gasteiger partial charge in [0.15, 0.2) is 0 Å². The summed E-state index contributed by atoms with van der Waals surface area (Å²) in [6.07, 6.45) is 3.26. The Morgan fingerprint density at radius 3 is 1.85 bits per heavy atom. The van der Waals surface area contributed by atoms with E-state index < -0.39 is 172 Å². The summed E-state index contributed by atoms with van der Waals surface area (Å²) in [5.41, 5.74) is -2.33. The molecule has 2 aliphatic carbocycles. The molecule has 0 bridgehead atoms. The van der Waals surface area contributed by atoms with E-state index in [4.69, 9.17) is 11.6 Å². The third kappa shape index (κ3) is 18.5. The van der Waals surface area contributed by atoms with E-state index in [1.54, 1.807) is 25.7 Å². The second-order valence-electron chi connectivity index (χ2n) is 29.6. The summed E-state index contributed by atoms with van der Waals surface area (Å²) in [6.45, 7) is 12.6. The summed E-state index contributed by atoms with van der Waals surface area (Å²) >= 11 is 6.15. The minimum absolute atomic E-state index is 0.0235. The first-order valence-corrected chi connectivity index (χ1v) is 36.2. The Balaban J connectivity index is 1.27. The van der Waals surface area contributed by atoms with E-state index in [1.807, 2.05) is 20.8 Å². The van der Waals surface area contributed by atoms with Crippen LogP contribution in [-0.2, 0) is 70.1 Å². The molecule has 2 saturated carbocycles. The highest BCUT2D eigenvalue weighted by Gasteiger charge is 2.53. The minimum Gasteiger partial charge on any atom is -0.343 e. The number of amides is 12. The molecule has 552 valence electrons. The fourth-order valence-electron chi connectivity index (χ4n) is 15.1. The van der Waals surface area contributed by atoms with Crippen LogP contribution < -0.4 is 16.0 Å². The number of piperidine rings is 1. The van der Waals surface area contributed by atoms with Gasteiger partial charge in [0.2, 0.25) is 70.9 Å². The molecule has 10 atom stereocenters. The smallest absolute Gasteiger partial charge is 0.343 e. The van der Waals surface area contributed by atoms with Crippen LogP contribution in [0.3, 0.4) is 0 Å². The van der Waals surface area contributed by atoms with Crippen molar-refractivity contribution in [3.63, 3.8) is 0 Å². The first-order chi connectivity index (χ1) is 46.5. The predicted molar refractivity (Wildman–Crippen MR) is 364 cm³/mol. The number of hydrogen-bond acceptors (Lipinski definition) is 12. The Morgan fingerprint density at radius 1 is 0.646 bits per heavy atom. The average molecular weight is 1410 g/mol. The molecule has 12 amide bonds. The molecule has 0 unspecified atom stereocenters. The zero-order chi connectivity index (χ0) is 73.3. The Bertz CT molecular complexity index is 3140.